The van der Waals surface area contributed by atoms with Crippen molar-refractivity contribution in [1.29, 1.82) is 0 Å². The van der Waals surface area contributed by atoms with Gasteiger partial charge in [-0.1, -0.05) is 6.07 Å². The molecule has 1 N–H and O–H groups in total. The maximum absolute atomic E-state index is 5.17. The molecule has 1 aromatic carbocycles. The molecule has 2 heteroatoms. The number of hydrogen-bond acceptors (Lipinski definition) is 1. The standard InChI is InChI=1S/C9H9NO.H2/c1-11-9-4-2-3-8-7(9)5-6-10-8;/h2-6,10H,1H3;1H. The summed E-state index contributed by atoms with van der Waals surface area (Å²) in [7, 11) is 1.68. The first-order chi connectivity index (χ1) is 5.42. The zero-order valence-electron chi connectivity index (χ0n) is 6.29. The van der Waals surface area contributed by atoms with Gasteiger partial charge in [-0.3, -0.25) is 0 Å². The number of nitrogens with one attached hydrogen (secondary N) is 1. The van der Waals surface area contributed by atoms with Crippen molar-refractivity contribution in [2.24, 2.45) is 0 Å². The fraction of sp³-hybridized carbons (Fsp3) is 0.111. The van der Waals surface area contributed by atoms with E-state index in [9.17, 15) is 0 Å². The molecule has 1 heterocycles. The molecule has 2 nitrogen and oxygen atoms in total. The van der Waals surface area contributed by atoms with Gasteiger partial charge in [-0.05, 0) is 18.2 Å². The Hall–Kier alpha value is -1.44. The van der Waals surface area contributed by atoms with E-state index in [2.05, 4.69) is 4.98 Å². The van der Waals surface area contributed by atoms with Crippen LogP contribution in [-0.4, -0.2) is 12.1 Å². The first kappa shape index (κ1) is 6.28. The summed E-state index contributed by atoms with van der Waals surface area (Å²) in [5.74, 6) is 0.920. The van der Waals surface area contributed by atoms with Gasteiger partial charge in [0.05, 0.1) is 7.11 Å². The average molecular weight is 149 g/mol. The molecule has 2 rings (SSSR count). The molecule has 0 radical (unpaired) electrons. The topological polar surface area (TPSA) is 25.0 Å². The van der Waals surface area contributed by atoms with Crippen LogP contribution >= 0.6 is 0 Å². The van der Waals surface area contributed by atoms with Gasteiger partial charge in [0.1, 0.15) is 5.75 Å². The largest absolute Gasteiger partial charge is 0.496 e. The molecular weight excluding hydrogens is 138 g/mol. The van der Waals surface area contributed by atoms with E-state index in [0.717, 1.165) is 16.7 Å². The van der Waals surface area contributed by atoms with Crippen LogP contribution in [0, 0.1) is 0 Å². The Kier molecular flexibility index (Phi) is 1.32. The van der Waals surface area contributed by atoms with Gasteiger partial charge in [0.15, 0.2) is 0 Å². The van der Waals surface area contributed by atoms with Crippen molar-refractivity contribution >= 4 is 10.9 Å². The Morgan fingerprint density at radius 3 is 3.09 bits per heavy atom. The Labute approximate surface area is 66.3 Å². The zero-order chi connectivity index (χ0) is 7.68. The fourth-order valence-electron chi connectivity index (χ4n) is 1.23. The van der Waals surface area contributed by atoms with Crippen LogP contribution in [0.3, 0.4) is 0 Å². The van der Waals surface area contributed by atoms with Crippen molar-refractivity contribution in [3.05, 3.63) is 30.5 Å². The lowest BCUT2D eigenvalue weighted by Crippen LogP contribution is -1.81. The molecule has 11 heavy (non-hydrogen) atoms. The van der Waals surface area contributed by atoms with E-state index in [4.69, 9.17) is 4.74 Å². The molecule has 0 aliphatic rings. The van der Waals surface area contributed by atoms with E-state index in [0.29, 0.717) is 0 Å². The van der Waals surface area contributed by atoms with E-state index < -0.39 is 0 Å². The monoisotopic (exact) mass is 149 g/mol. The van der Waals surface area contributed by atoms with Crippen LogP contribution < -0.4 is 4.74 Å². The lowest BCUT2D eigenvalue weighted by atomic mass is 10.2. The van der Waals surface area contributed by atoms with Gasteiger partial charge in [-0.2, -0.15) is 0 Å². The number of aromatic amines is 1. The van der Waals surface area contributed by atoms with Crippen LogP contribution in [0.5, 0.6) is 5.75 Å². The Balaban J connectivity index is 0.000000720. The molecule has 2 aromatic rings. The molecule has 0 unspecified atom stereocenters. The first-order valence-electron chi connectivity index (χ1n) is 3.52. The molecule has 0 aliphatic heterocycles. The van der Waals surface area contributed by atoms with Crippen LogP contribution in [0.1, 0.15) is 1.43 Å². The minimum absolute atomic E-state index is 0. The van der Waals surface area contributed by atoms with Crippen LogP contribution in [0.2, 0.25) is 0 Å². The van der Waals surface area contributed by atoms with Crippen LogP contribution in [0.25, 0.3) is 10.9 Å². The number of fused-ring (bicyclic) bond motifs is 1. The SMILES string of the molecule is COc1cccc2[nH]ccc12.[HH]. The summed E-state index contributed by atoms with van der Waals surface area (Å²) in [4.78, 5) is 3.11. The highest BCUT2D eigenvalue weighted by Crippen LogP contribution is 2.23. The third-order valence-electron chi connectivity index (χ3n) is 1.77. The van der Waals surface area contributed by atoms with Gasteiger partial charge in [0, 0.05) is 18.5 Å². The van der Waals surface area contributed by atoms with E-state index in [1.54, 1.807) is 7.11 Å². The average Bonchev–Trinajstić information content (AvgIpc) is 2.50. The van der Waals surface area contributed by atoms with E-state index in [1.807, 2.05) is 30.5 Å². The van der Waals surface area contributed by atoms with E-state index in [-0.39, 0.29) is 1.43 Å². The smallest absolute Gasteiger partial charge is 0.128 e. The minimum Gasteiger partial charge on any atom is -0.496 e. The second kappa shape index (κ2) is 2.31. The summed E-state index contributed by atoms with van der Waals surface area (Å²) >= 11 is 0. The molecule has 0 saturated carbocycles. The fourth-order valence-corrected chi connectivity index (χ4v) is 1.23. The number of rotatable bonds is 1. The first-order valence-corrected chi connectivity index (χ1v) is 3.52. The molecule has 0 amide bonds. The van der Waals surface area contributed by atoms with Crippen molar-refractivity contribution in [3.63, 3.8) is 0 Å². The molecular formula is C9H11NO. The van der Waals surface area contributed by atoms with Crippen molar-refractivity contribution in [1.82, 2.24) is 4.98 Å². The molecule has 0 aliphatic carbocycles. The third-order valence-corrected chi connectivity index (χ3v) is 1.77. The number of methoxy groups -OCH3 is 1. The van der Waals surface area contributed by atoms with Gasteiger partial charge in [0.25, 0.3) is 0 Å². The molecule has 58 valence electrons. The molecule has 0 spiro atoms. The maximum Gasteiger partial charge on any atom is 0.128 e. The zero-order valence-corrected chi connectivity index (χ0v) is 6.29. The summed E-state index contributed by atoms with van der Waals surface area (Å²) in [6.45, 7) is 0. The molecule has 0 saturated heterocycles. The second-order valence-electron chi connectivity index (χ2n) is 2.40. The van der Waals surface area contributed by atoms with Gasteiger partial charge in [-0.25, -0.2) is 0 Å². The van der Waals surface area contributed by atoms with Crippen LogP contribution in [0.4, 0.5) is 0 Å². The predicted octanol–water partition coefficient (Wildman–Crippen LogP) is 2.42. The van der Waals surface area contributed by atoms with Crippen LogP contribution in [-0.2, 0) is 0 Å². The summed E-state index contributed by atoms with van der Waals surface area (Å²) in [5, 5.41) is 1.13. The quantitative estimate of drug-likeness (QED) is 0.661. The summed E-state index contributed by atoms with van der Waals surface area (Å²) in [6.07, 6.45) is 1.91. The lowest BCUT2D eigenvalue weighted by molar-refractivity contribution is 0.420. The third kappa shape index (κ3) is 0.871. The number of H-pyrrole nitrogens is 1. The second-order valence-corrected chi connectivity index (χ2v) is 2.40. The van der Waals surface area contributed by atoms with Crippen molar-refractivity contribution in [3.8, 4) is 5.75 Å². The summed E-state index contributed by atoms with van der Waals surface area (Å²) in [6, 6.07) is 7.96. The molecule has 0 bridgehead atoms. The maximum atomic E-state index is 5.17. The molecule has 1 aromatic heterocycles. The van der Waals surface area contributed by atoms with Gasteiger partial charge < -0.3 is 9.72 Å². The number of hydrogen-bond donors (Lipinski definition) is 1. The number of benzene rings is 1. The van der Waals surface area contributed by atoms with Gasteiger partial charge >= 0.3 is 0 Å². The normalized spacial score (nSPS) is 10.3. The lowest BCUT2D eigenvalue weighted by Gasteiger charge is -1.99. The number of ether oxygens (including phenoxy) is 1. The number of aromatic nitrogens is 1. The Morgan fingerprint density at radius 2 is 2.27 bits per heavy atom. The van der Waals surface area contributed by atoms with Gasteiger partial charge in [0.2, 0.25) is 0 Å². The van der Waals surface area contributed by atoms with Crippen molar-refractivity contribution in [2.75, 3.05) is 7.11 Å². The van der Waals surface area contributed by atoms with Crippen LogP contribution in [0.15, 0.2) is 30.5 Å². The predicted molar refractivity (Wildman–Crippen MR) is 47.0 cm³/mol. The van der Waals surface area contributed by atoms with E-state index >= 15 is 0 Å². The van der Waals surface area contributed by atoms with Crippen molar-refractivity contribution in [2.45, 2.75) is 0 Å². The van der Waals surface area contributed by atoms with Crippen molar-refractivity contribution < 1.29 is 6.16 Å². The summed E-state index contributed by atoms with van der Waals surface area (Å²) in [5.41, 5.74) is 1.12. The van der Waals surface area contributed by atoms with E-state index in [1.165, 1.54) is 0 Å². The highest BCUT2D eigenvalue weighted by molar-refractivity contribution is 5.85. The Bertz CT molecular complexity index is 369. The summed E-state index contributed by atoms with van der Waals surface area (Å²) < 4.78 is 5.17. The highest BCUT2D eigenvalue weighted by Gasteiger charge is 1.98. The molecule has 0 atom stereocenters. The molecule has 0 fully saturated rings. The minimum atomic E-state index is 0. The Morgan fingerprint density at radius 1 is 1.36 bits per heavy atom. The van der Waals surface area contributed by atoms with Gasteiger partial charge in [-0.15, -0.1) is 0 Å². The highest BCUT2D eigenvalue weighted by atomic mass is 16.5.